The zero-order valence-corrected chi connectivity index (χ0v) is 9.88. The van der Waals surface area contributed by atoms with Crippen molar-refractivity contribution >= 4 is 11.0 Å². The number of para-hydroxylation sites is 2. The smallest absolute Gasteiger partial charge is 0.331 e. The first-order valence-electron chi connectivity index (χ1n) is 5.64. The van der Waals surface area contributed by atoms with Gasteiger partial charge in [0.25, 0.3) is 0 Å². The third-order valence-corrected chi connectivity index (χ3v) is 2.92. The van der Waals surface area contributed by atoms with Gasteiger partial charge < -0.3 is 9.72 Å². The molecule has 1 heterocycles. The van der Waals surface area contributed by atoms with Crippen LogP contribution in [0, 0.1) is 0 Å². The van der Waals surface area contributed by atoms with E-state index >= 15 is 0 Å². The quantitative estimate of drug-likeness (QED) is 0.747. The highest BCUT2D eigenvalue weighted by molar-refractivity contribution is 5.77. The first kappa shape index (κ1) is 10.7. The molecule has 0 radical (unpaired) electrons. The lowest BCUT2D eigenvalue weighted by Crippen LogP contribution is -2.14. The predicted octanol–water partition coefficient (Wildman–Crippen LogP) is 2.33. The molecule has 1 aromatic heterocycles. The second kappa shape index (κ2) is 4.07. The predicted molar refractivity (Wildman–Crippen MR) is 70.4 cm³/mol. The van der Waals surface area contributed by atoms with Crippen LogP contribution in [-0.4, -0.2) is 16.7 Å². The van der Waals surface area contributed by atoms with E-state index in [1.165, 1.54) is 0 Å². The number of aromatic amines is 1. The van der Waals surface area contributed by atoms with E-state index < -0.39 is 0 Å². The molecule has 0 saturated heterocycles. The molecular weight excluding hydrogens is 228 g/mol. The number of ether oxygens (including phenoxy) is 1. The van der Waals surface area contributed by atoms with Gasteiger partial charge in [0.15, 0.2) is 0 Å². The Morgan fingerprint density at radius 2 is 1.78 bits per heavy atom. The normalized spacial score (nSPS) is 10.7. The van der Waals surface area contributed by atoms with Crippen LogP contribution in [0.3, 0.4) is 0 Å². The van der Waals surface area contributed by atoms with Crippen LogP contribution in [-0.2, 0) is 0 Å². The molecule has 0 aliphatic carbocycles. The number of methoxy groups -OCH3 is 1. The van der Waals surface area contributed by atoms with E-state index in [1.807, 2.05) is 48.5 Å². The Hall–Kier alpha value is -2.49. The maximum Gasteiger partial charge on any atom is 0.331 e. The number of imidazole rings is 1. The molecule has 3 aromatic rings. The molecule has 0 spiro atoms. The number of rotatable bonds is 2. The Morgan fingerprint density at radius 3 is 2.50 bits per heavy atom. The number of H-pyrrole nitrogens is 1. The fraction of sp³-hybridized carbons (Fsp3) is 0.0714. The molecule has 0 aliphatic heterocycles. The van der Waals surface area contributed by atoms with Crippen LogP contribution in [0.5, 0.6) is 5.75 Å². The highest BCUT2D eigenvalue weighted by Gasteiger charge is 2.07. The van der Waals surface area contributed by atoms with E-state index in [2.05, 4.69) is 4.98 Å². The van der Waals surface area contributed by atoms with Crippen molar-refractivity contribution in [1.29, 1.82) is 0 Å². The van der Waals surface area contributed by atoms with Gasteiger partial charge in [0.2, 0.25) is 0 Å². The van der Waals surface area contributed by atoms with Crippen LogP contribution in [0.2, 0.25) is 0 Å². The Balaban J connectivity index is 2.24. The zero-order valence-electron chi connectivity index (χ0n) is 9.88. The number of hydrogen-bond acceptors (Lipinski definition) is 2. The van der Waals surface area contributed by atoms with E-state index in [-0.39, 0.29) is 5.69 Å². The maximum absolute atomic E-state index is 12.0. The number of nitrogens with zero attached hydrogens (tertiary/aromatic N) is 1. The highest BCUT2D eigenvalue weighted by Crippen LogP contribution is 2.18. The molecule has 0 amide bonds. The van der Waals surface area contributed by atoms with Gasteiger partial charge in [-0.05, 0) is 36.4 Å². The summed E-state index contributed by atoms with van der Waals surface area (Å²) in [6, 6.07) is 15.0. The van der Waals surface area contributed by atoms with Gasteiger partial charge in [0.1, 0.15) is 5.75 Å². The fourth-order valence-electron chi connectivity index (χ4n) is 2.04. The van der Waals surface area contributed by atoms with Gasteiger partial charge in [0, 0.05) is 0 Å². The summed E-state index contributed by atoms with van der Waals surface area (Å²) >= 11 is 0. The average molecular weight is 240 g/mol. The van der Waals surface area contributed by atoms with Crippen LogP contribution in [0.25, 0.3) is 16.7 Å². The third kappa shape index (κ3) is 1.59. The van der Waals surface area contributed by atoms with Gasteiger partial charge in [0.05, 0.1) is 23.8 Å². The molecule has 3 rings (SSSR count). The van der Waals surface area contributed by atoms with Crippen LogP contribution < -0.4 is 10.4 Å². The van der Waals surface area contributed by atoms with Gasteiger partial charge >= 0.3 is 5.69 Å². The first-order chi connectivity index (χ1) is 8.79. The van der Waals surface area contributed by atoms with Crippen molar-refractivity contribution in [1.82, 2.24) is 9.55 Å². The van der Waals surface area contributed by atoms with Gasteiger partial charge in [-0.2, -0.15) is 0 Å². The molecule has 0 aliphatic rings. The molecule has 2 aromatic carbocycles. The summed E-state index contributed by atoms with van der Waals surface area (Å²) < 4.78 is 6.76. The van der Waals surface area contributed by atoms with Crippen LogP contribution >= 0.6 is 0 Å². The van der Waals surface area contributed by atoms with E-state index in [4.69, 9.17) is 4.74 Å². The molecule has 4 nitrogen and oxygen atoms in total. The van der Waals surface area contributed by atoms with Crippen LogP contribution in [0.1, 0.15) is 0 Å². The second-order valence-electron chi connectivity index (χ2n) is 3.98. The molecule has 18 heavy (non-hydrogen) atoms. The van der Waals surface area contributed by atoms with Crippen LogP contribution in [0.15, 0.2) is 53.3 Å². The monoisotopic (exact) mass is 240 g/mol. The lowest BCUT2D eigenvalue weighted by atomic mass is 10.2. The average Bonchev–Trinajstić information content (AvgIpc) is 2.75. The van der Waals surface area contributed by atoms with Crippen molar-refractivity contribution in [3.63, 3.8) is 0 Å². The molecule has 4 heteroatoms. The van der Waals surface area contributed by atoms with Gasteiger partial charge in [-0.25, -0.2) is 4.79 Å². The minimum atomic E-state index is -0.138. The summed E-state index contributed by atoms with van der Waals surface area (Å²) in [5.74, 6) is 0.770. The number of aromatic nitrogens is 2. The summed E-state index contributed by atoms with van der Waals surface area (Å²) in [5, 5.41) is 0. The number of nitrogens with one attached hydrogen (secondary N) is 1. The topological polar surface area (TPSA) is 47.0 Å². The van der Waals surface area contributed by atoms with Gasteiger partial charge in [-0.1, -0.05) is 12.1 Å². The lowest BCUT2D eigenvalue weighted by Gasteiger charge is -2.04. The van der Waals surface area contributed by atoms with E-state index in [1.54, 1.807) is 11.7 Å². The number of hydrogen-bond donors (Lipinski definition) is 1. The van der Waals surface area contributed by atoms with Gasteiger partial charge in [-0.15, -0.1) is 0 Å². The van der Waals surface area contributed by atoms with E-state index in [0.717, 1.165) is 22.5 Å². The fourth-order valence-corrected chi connectivity index (χ4v) is 2.04. The van der Waals surface area contributed by atoms with Crippen molar-refractivity contribution in [2.75, 3.05) is 7.11 Å². The van der Waals surface area contributed by atoms with Crippen molar-refractivity contribution in [2.45, 2.75) is 0 Å². The van der Waals surface area contributed by atoms with Crippen molar-refractivity contribution in [3.05, 3.63) is 59.0 Å². The summed E-state index contributed by atoms with van der Waals surface area (Å²) in [4.78, 5) is 14.8. The van der Waals surface area contributed by atoms with Crippen molar-refractivity contribution < 1.29 is 4.74 Å². The Morgan fingerprint density at radius 1 is 1.06 bits per heavy atom. The standard InChI is InChI=1S/C14H12N2O2/c1-18-11-8-6-10(7-9-11)16-13-5-3-2-4-12(13)15-14(16)17/h2-9H,1H3,(H,15,17). The minimum Gasteiger partial charge on any atom is -0.497 e. The minimum absolute atomic E-state index is 0.138. The van der Waals surface area contributed by atoms with E-state index in [0.29, 0.717) is 0 Å². The first-order valence-corrected chi connectivity index (χ1v) is 5.64. The molecule has 90 valence electrons. The van der Waals surface area contributed by atoms with Crippen LogP contribution in [0.4, 0.5) is 0 Å². The Labute approximate surface area is 103 Å². The summed E-state index contributed by atoms with van der Waals surface area (Å²) in [7, 11) is 1.62. The van der Waals surface area contributed by atoms with Gasteiger partial charge in [-0.3, -0.25) is 4.57 Å². The maximum atomic E-state index is 12.0. The SMILES string of the molecule is COc1ccc(-n2c(=O)[nH]c3ccccc32)cc1. The number of fused-ring (bicyclic) bond motifs is 1. The summed E-state index contributed by atoms with van der Waals surface area (Å²) in [6.45, 7) is 0. The van der Waals surface area contributed by atoms with Crippen molar-refractivity contribution in [3.8, 4) is 11.4 Å². The third-order valence-electron chi connectivity index (χ3n) is 2.92. The number of benzene rings is 2. The summed E-state index contributed by atoms with van der Waals surface area (Å²) in [6.07, 6.45) is 0. The van der Waals surface area contributed by atoms with Crippen molar-refractivity contribution in [2.24, 2.45) is 0 Å². The highest BCUT2D eigenvalue weighted by atomic mass is 16.5. The molecule has 0 atom stereocenters. The Bertz CT molecular complexity index is 738. The second-order valence-corrected chi connectivity index (χ2v) is 3.98. The Kier molecular flexibility index (Phi) is 2.41. The molecule has 0 fully saturated rings. The zero-order chi connectivity index (χ0) is 12.5. The largest absolute Gasteiger partial charge is 0.497 e. The van der Waals surface area contributed by atoms with E-state index in [9.17, 15) is 4.79 Å². The molecule has 0 saturated carbocycles. The molecule has 1 N–H and O–H groups in total. The molecule has 0 bridgehead atoms. The summed E-state index contributed by atoms with van der Waals surface area (Å²) in [5.41, 5.74) is 2.38. The lowest BCUT2D eigenvalue weighted by molar-refractivity contribution is 0.414. The molecular formula is C14H12N2O2. The molecule has 0 unspecified atom stereocenters.